The molecule has 0 unspecified atom stereocenters. The minimum absolute atomic E-state index is 1.15. The molecule has 0 bridgehead atoms. The van der Waals surface area contributed by atoms with Crippen molar-refractivity contribution in [1.29, 1.82) is 0 Å². The Morgan fingerprint density at radius 2 is 0.815 bits per heavy atom. The first-order valence-corrected chi connectivity index (χ1v) is 19.2. The number of unbranched alkanes of at least 4 members (excludes halogenated alkanes) is 1. The number of para-hydroxylation sites is 2. The number of aromatic nitrogens is 2. The minimum Gasteiger partial charge on any atom is -0.309 e. The van der Waals surface area contributed by atoms with Crippen molar-refractivity contribution < 1.29 is 0 Å². The van der Waals surface area contributed by atoms with Crippen molar-refractivity contribution >= 4 is 43.6 Å². The lowest BCUT2D eigenvalue weighted by atomic mass is 9.98. The Bertz CT molecular complexity index is 2910. The van der Waals surface area contributed by atoms with Gasteiger partial charge in [0.15, 0.2) is 0 Å². The third-order valence-electron chi connectivity index (χ3n) is 11.2. The summed E-state index contributed by atoms with van der Waals surface area (Å²) in [6.07, 6.45) is 3.62. The van der Waals surface area contributed by atoms with E-state index in [1.54, 1.807) is 0 Å². The third-order valence-corrected chi connectivity index (χ3v) is 11.2. The summed E-state index contributed by atoms with van der Waals surface area (Å²) in [4.78, 5) is 0. The lowest BCUT2D eigenvalue weighted by Gasteiger charge is -2.12. The van der Waals surface area contributed by atoms with Crippen LogP contribution >= 0.6 is 0 Å². The Morgan fingerprint density at radius 1 is 0.352 bits per heavy atom. The molecular weight excluding hydrogens is 653 g/mol. The highest BCUT2D eigenvalue weighted by Crippen LogP contribution is 2.42. The highest BCUT2D eigenvalue weighted by molar-refractivity contribution is 6.26. The number of benzene rings is 8. The summed E-state index contributed by atoms with van der Waals surface area (Å²) in [5.74, 6) is 0. The molecule has 8 aromatic carbocycles. The number of aryl methyl sites for hydroxylation is 1. The van der Waals surface area contributed by atoms with Gasteiger partial charge in [0.2, 0.25) is 0 Å². The molecule has 0 radical (unpaired) electrons. The zero-order valence-electron chi connectivity index (χ0n) is 30.4. The van der Waals surface area contributed by atoms with Gasteiger partial charge in [-0.1, -0.05) is 159 Å². The first kappa shape index (κ1) is 32.0. The summed E-state index contributed by atoms with van der Waals surface area (Å²) in [6, 6.07) is 69.1. The fraction of sp³-hybridized carbons (Fsp3) is 0.0769. The monoisotopic (exact) mass is 692 g/mol. The van der Waals surface area contributed by atoms with E-state index < -0.39 is 0 Å². The SMILES string of the molecule is CCCCc1ccc(-c2ccc(-c3ccc(-n4c5ccccc5c5ccc6c(c7ccccc7n6-c6ccc(-c7ccccc7)cc6)c54)cc3)cc2)cc1. The standard InChI is InChI=1S/C52H40N2/c1-2-3-11-36-18-20-38(21-19-36)39-22-24-40(25-23-39)42-28-32-44(33-29-42)54-48-16-9-7-14-45(48)46-34-35-50-51(52(46)54)47-15-8-10-17-49(47)53(50)43-30-26-41(27-31-43)37-12-5-4-6-13-37/h4-10,12-35H,2-3,11H2,1H3. The third kappa shape index (κ3) is 5.42. The molecule has 0 aliphatic heterocycles. The van der Waals surface area contributed by atoms with Crippen LogP contribution in [0.1, 0.15) is 25.3 Å². The maximum Gasteiger partial charge on any atom is 0.0641 e. The highest BCUT2D eigenvalue weighted by atomic mass is 15.0. The fourth-order valence-electron chi connectivity index (χ4n) is 8.39. The number of nitrogens with zero attached hydrogens (tertiary/aromatic N) is 2. The summed E-state index contributed by atoms with van der Waals surface area (Å²) in [5, 5.41) is 5.04. The van der Waals surface area contributed by atoms with E-state index in [0.717, 1.165) is 17.8 Å². The largest absolute Gasteiger partial charge is 0.309 e. The molecule has 2 heterocycles. The predicted octanol–water partition coefficient (Wildman–Crippen LogP) is 14.2. The van der Waals surface area contributed by atoms with Crippen molar-refractivity contribution in [2.75, 3.05) is 0 Å². The fourth-order valence-corrected chi connectivity index (χ4v) is 8.39. The van der Waals surface area contributed by atoms with E-state index >= 15 is 0 Å². The molecule has 0 atom stereocenters. The van der Waals surface area contributed by atoms with Crippen LogP contribution < -0.4 is 0 Å². The highest BCUT2D eigenvalue weighted by Gasteiger charge is 2.20. The average Bonchev–Trinajstić information content (AvgIpc) is 3.77. The van der Waals surface area contributed by atoms with Crippen LogP contribution in [-0.4, -0.2) is 9.13 Å². The van der Waals surface area contributed by atoms with E-state index in [4.69, 9.17) is 0 Å². The molecule has 0 saturated heterocycles. The van der Waals surface area contributed by atoms with Gasteiger partial charge in [0.05, 0.1) is 22.1 Å². The van der Waals surface area contributed by atoms with E-state index in [1.807, 2.05) is 0 Å². The van der Waals surface area contributed by atoms with Gasteiger partial charge in [0.1, 0.15) is 0 Å². The molecular formula is C52H40N2. The van der Waals surface area contributed by atoms with Gasteiger partial charge in [-0.05, 0) is 94.3 Å². The molecule has 10 rings (SSSR count). The van der Waals surface area contributed by atoms with Crippen molar-refractivity contribution in [3.8, 4) is 44.8 Å². The smallest absolute Gasteiger partial charge is 0.0641 e. The Balaban J connectivity index is 1.07. The summed E-state index contributed by atoms with van der Waals surface area (Å²) in [6.45, 7) is 2.25. The number of hydrogen-bond donors (Lipinski definition) is 0. The Kier molecular flexibility index (Phi) is 7.95. The average molecular weight is 693 g/mol. The van der Waals surface area contributed by atoms with E-state index in [0.29, 0.717) is 0 Å². The zero-order valence-corrected chi connectivity index (χ0v) is 30.4. The van der Waals surface area contributed by atoms with Gasteiger partial charge in [-0.15, -0.1) is 0 Å². The van der Waals surface area contributed by atoms with E-state index in [2.05, 4.69) is 204 Å². The quantitative estimate of drug-likeness (QED) is 0.150. The number of hydrogen-bond acceptors (Lipinski definition) is 0. The summed E-state index contributed by atoms with van der Waals surface area (Å²) in [5.41, 5.74) is 16.0. The van der Waals surface area contributed by atoms with Crippen molar-refractivity contribution in [1.82, 2.24) is 9.13 Å². The molecule has 258 valence electrons. The van der Waals surface area contributed by atoms with Crippen molar-refractivity contribution in [3.05, 3.63) is 194 Å². The molecule has 0 aliphatic rings. The Hall–Kier alpha value is -6.64. The number of rotatable bonds is 8. The van der Waals surface area contributed by atoms with Crippen molar-refractivity contribution in [2.45, 2.75) is 26.2 Å². The van der Waals surface area contributed by atoms with Gasteiger partial charge in [-0.3, -0.25) is 0 Å². The molecule has 54 heavy (non-hydrogen) atoms. The van der Waals surface area contributed by atoms with E-state index in [1.165, 1.54) is 95.4 Å². The zero-order chi connectivity index (χ0) is 36.0. The van der Waals surface area contributed by atoms with Gasteiger partial charge >= 0.3 is 0 Å². The van der Waals surface area contributed by atoms with Crippen LogP contribution in [0, 0.1) is 0 Å². The molecule has 0 aliphatic carbocycles. The molecule has 0 saturated carbocycles. The molecule has 0 N–H and O–H groups in total. The van der Waals surface area contributed by atoms with Gasteiger partial charge in [0.25, 0.3) is 0 Å². The van der Waals surface area contributed by atoms with Crippen LogP contribution in [-0.2, 0) is 6.42 Å². The maximum atomic E-state index is 2.47. The minimum atomic E-state index is 1.15. The molecule has 0 amide bonds. The molecule has 2 aromatic heterocycles. The van der Waals surface area contributed by atoms with Gasteiger partial charge in [-0.25, -0.2) is 0 Å². The van der Waals surface area contributed by atoms with E-state index in [-0.39, 0.29) is 0 Å². The van der Waals surface area contributed by atoms with Crippen molar-refractivity contribution in [2.24, 2.45) is 0 Å². The molecule has 0 fully saturated rings. The van der Waals surface area contributed by atoms with Gasteiger partial charge < -0.3 is 9.13 Å². The van der Waals surface area contributed by atoms with Crippen LogP contribution in [0.3, 0.4) is 0 Å². The van der Waals surface area contributed by atoms with E-state index in [9.17, 15) is 0 Å². The summed E-state index contributed by atoms with van der Waals surface area (Å²) in [7, 11) is 0. The Morgan fingerprint density at radius 3 is 1.41 bits per heavy atom. The van der Waals surface area contributed by atoms with Crippen LogP contribution in [0.15, 0.2) is 188 Å². The van der Waals surface area contributed by atoms with Crippen LogP contribution in [0.25, 0.3) is 88.4 Å². The topological polar surface area (TPSA) is 9.86 Å². The second-order valence-corrected chi connectivity index (χ2v) is 14.4. The summed E-state index contributed by atoms with van der Waals surface area (Å²) < 4.78 is 4.90. The molecule has 0 spiro atoms. The number of fused-ring (bicyclic) bond motifs is 7. The van der Waals surface area contributed by atoms with Crippen LogP contribution in [0.4, 0.5) is 0 Å². The molecule has 10 aromatic rings. The van der Waals surface area contributed by atoms with Gasteiger partial charge in [-0.2, -0.15) is 0 Å². The summed E-state index contributed by atoms with van der Waals surface area (Å²) >= 11 is 0. The van der Waals surface area contributed by atoms with Gasteiger partial charge in [0, 0.05) is 32.9 Å². The Labute approximate surface area is 316 Å². The lowest BCUT2D eigenvalue weighted by Crippen LogP contribution is -1.95. The first-order chi connectivity index (χ1) is 26.7. The lowest BCUT2D eigenvalue weighted by molar-refractivity contribution is 0.795. The maximum absolute atomic E-state index is 2.47. The molecule has 2 heteroatoms. The predicted molar refractivity (Wildman–Crippen MR) is 230 cm³/mol. The normalized spacial score (nSPS) is 11.6. The van der Waals surface area contributed by atoms with Crippen molar-refractivity contribution in [3.63, 3.8) is 0 Å². The molecule has 2 nitrogen and oxygen atoms in total. The second kappa shape index (κ2) is 13.4. The first-order valence-electron chi connectivity index (χ1n) is 19.2. The van der Waals surface area contributed by atoms with Crippen LogP contribution in [0.2, 0.25) is 0 Å². The van der Waals surface area contributed by atoms with Crippen LogP contribution in [0.5, 0.6) is 0 Å². The second-order valence-electron chi connectivity index (χ2n) is 14.4.